The summed E-state index contributed by atoms with van der Waals surface area (Å²) in [5.74, 6) is 0. The van der Waals surface area contributed by atoms with Crippen LogP contribution in [-0.2, 0) is 0 Å². The highest BCUT2D eigenvalue weighted by atomic mass is 32.1. The van der Waals surface area contributed by atoms with Crippen molar-refractivity contribution < 1.29 is 8.83 Å². The van der Waals surface area contributed by atoms with Crippen LogP contribution in [0.1, 0.15) is 0 Å². The molecule has 2 nitrogen and oxygen atoms in total. The van der Waals surface area contributed by atoms with Gasteiger partial charge in [-0.1, -0.05) is 133 Å². The Morgan fingerprint density at radius 3 is 1.53 bits per heavy atom. The molecule has 12 aromatic rings. The maximum absolute atomic E-state index is 6.97. The van der Waals surface area contributed by atoms with Crippen LogP contribution in [0.15, 0.2) is 167 Å². The molecule has 51 heavy (non-hydrogen) atoms. The second-order valence-electron chi connectivity index (χ2n) is 13.5. The summed E-state index contributed by atoms with van der Waals surface area (Å²) in [6.07, 6.45) is 0. The Morgan fingerprint density at radius 1 is 0.314 bits per heavy atom. The van der Waals surface area contributed by atoms with Crippen molar-refractivity contribution in [2.45, 2.75) is 0 Å². The van der Waals surface area contributed by atoms with Crippen LogP contribution in [0.5, 0.6) is 0 Å². The van der Waals surface area contributed by atoms with Crippen LogP contribution >= 0.6 is 11.3 Å². The molecular formula is C48H26O2S. The molecule has 0 spiro atoms. The third-order valence-electron chi connectivity index (χ3n) is 10.9. The first kappa shape index (κ1) is 27.4. The molecule has 3 aromatic heterocycles. The van der Waals surface area contributed by atoms with Crippen LogP contribution in [0.3, 0.4) is 0 Å². The number of rotatable bonds is 2. The molecule has 9 aromatic carbocycles. The van der Waals surface area contributed by atoms with Gasteiger partial charge in [0.15, 0.2) is 0 Å². The van der Waals surface area contributed by atoms with Gasteiger partial charge in [0, 0.05) is 64.0 Å². The molecule has 236 valence electrons. The minimum Gasteiger partial charge on any atom is -0.455 e. The van der Waals surface area contributed by atoms with Gasteiger partial charge >= 0.3 is 0 Å². The summed E-state index contributed by atoms with van der Waals surface area (Å²) in [6.45, 7) is 0. The summed E-state index contributed by atoms with van der Waals surface area (Å²) in [5, 5.41) is 14.5. The van der Waals surface area contributed by atoms with E-state index in [4.69, 9.17) is 8.83 Å². The lowest BCUT2D eigenvalue weighted by molar-refractivity contribution is 0.670. The Balaban J connectivity index is 1.21. The molecule has 0 atom stereocenters. The zero-order valence-corrected chi connectivity index (χ0v) is 28.1. The highest BCUT2D eigenvalue weighted by Gasteiger charge is 2.23. The summed E-state index contributed by atoms with van der Waals surface area (Å²) in [5.41, 5.74) is 8.22. The smallest absolute Gasteiger partial charge is 0.143 e. The largest absolute Gasteiger partial charge is 0.455 e. The number of benzene rings is 9. The summed E-state index contributed by atoms with van der Waals surface area (Å²) in [7, 11) is 0. The number of hydrogen-bond acceptors (Lipinski definition) is 3. The number of para-hydroxylation sites is 3. The van der Waals surface area contributed by atoms with E-state index in [2.05, 4.69) is 152 Å². The highest BCUT2D eigenvalue weighted by Crippen LogP contribution is 2.50. The minimum absolute atomic E-state index is 0.905. The van der Waals surface area contributed by atoms with E-state index in [9.17, 15) is 0 Å². The van der Waals surface area contributed by atoms with Gasteiger partial charge in [0.1, 0.15) is 22.3 Å². The quantitative estimate of drug-likeness (QED) is 0.172. The monoisotopic (exact) mass is 666 g/mol. The molecule has 0 bridgehead atoms. The fourth-order valence-electron chi connectivity index (χ4n) is 8.77. The van der Waals surface area contributed by atoms with Gasteiger partial charge in [-0.25, -0.2) is 0 Å². The highest BCUT2D eigenvalue weighted by molar-refractivity contribution is 7.26. The van der Waals surface area contributed by atoms with Crippen LogP contribution in [0.2, 0.25) is 0 Å². The van der Waals surface area contributed by atoms with E-state index in [0.29, 0.717) is 0 Å². The summed E-state index contributed by atoms with van der Waals surface area (Å²) >= 11 is 1.86. The van der Waals surface area contributed by atoms with E-state index >= 15 is 0 Å². The maximum atomic E-state index is 6.97. The van der Waals surface area contributed by atoms with Crippen molar-refractivity contribution in [3.63, 3.8) is 0 Å². The van der Waals surface area contributed by atoms with E-state index in [0.717, 1.165) is 49.6 Å². The summed E-state index contributed by atoms with van der Waals surface area (Å²) in [4.78, 5) is 0. The molecule has 0 aliphatic carbocycles. The average Bonchev–Trinajstić information content (AvgIpc) is 3.88. The molecule has 0 N–H and O–H groups in total. The first-order valence-electron chi connectivity index (χ1n) is 17.3. The Morgan fingerprint density at radius 2 is 0.824 bits per heavy atom. The molecule has 12 rings (SSSR count). The zero-order valence-electron chi connectivity index (χ0n) is 27.2. The molecule has 0 aliphatic rings. The number of fused-ring (bicyclic) bond motifs is 14. The maximum Gasteiger partial charge on any atom is 0.143 e. The van der Waals surface area contributed by atoms with E-state index in [1.54, 1.807) is 0 Å². The van der Waals surface area contributed by atoms with Crippen LogP contribution in [-0.4, -0.2) is 0 Å². The first-order chi connectivity index (χ1) is 25.3. The van der Waals surface area contributed by atoms with Crippen molar-refractivity contribution in [3.8, 4) is 22.3 Å². The fourth-order valence-corrected chi connectivity index (χ4v) is 9.90. The van der Waals surface area contributed by atoms with Crippen molar-refractivity contribution in [2.24, 2.45) is 0 Å². The van der Waals surface area contributed by atoms with Gasteiger partial charge in [0.05, 0.1) is 0 Å². The zero-order chi connectivity index (χ0) is 33.2. The van der Waals surface area contributed by atoms with Crippen molar-refractivity contribution in [3.05, 3.63) is 158 Å². The molecule has 0 fully saturated rings. The predicted octanol–water partition coefficient (Wildman–Crippen LogP) is 14.6. The molecule has 0 unspecified atom stereocenters. The third-order valence-corrected chi connectivity index (χ3v) is 12.0. The number of hydrogen-bond donors (Lipinski definition) is 0. The van der Waals surface area contributed by atoms with Crippen molar-refractivity contribution in [2.75, 3.05) is 0 Å². The molecule has 0 amide bonds. The van der Waals surface area contributed by atoms with Gasteiger partial charge in [-0.05, 0) is 56.6 Å². The minimum atomic E-state index is 0.905. The van der Waals surface area contributed by atoms with Gasteiger partial charge in [-0.3, -0.25) is 0 Å². The Bertz CT molecular complexity index is 3370. The third kappa shape index (κ3) is 3.65. The topological polar surface area (TPSA) is 26.3 Å². The summed E-state index contributed by atoms with van der Waals surface area (Å²) < 4.78 is 16.2. The number of thiophene rings is 1. The van der Waals surface area contributed by atoms with Crippen LogP contribution in [0.4, 0.5) is 0 Å². The van der Waals surface area contributed by atoms with Crippen LogP contribution in [0, 0.1) is 0 Å². The van der Waals surface area contributed by atoms with Gasteiger partial charge in [0.25, 0.3) is 0 Å². The molecule has 0 radical (unpaired) electrons. The van der Waals surface area contributed by atoms with E-state index in [-0.39, 0.29) is 0 Å². The standard InChI is InChI=1S/C48H26O2S/c1-2-12-28-27(11-1)23-25-40-45(28)46-41(51-40)26-24-39-44(46)37-21-10-20-36(48(37)50-39)43-32-16-5-3-14-30(32)42(31-15-4-6-17-33(31)43)35-19-9-18-34-29-13-7-8-22-38(29)49-47(34)35/h1-26H. The van der Waals surface area contributed by atoms with Crippen LogP contribution < -0.4 is 0 Å². The lowest BCUT2D eigenvalue weighted by atomic mass is 9.85. The lowest BCUT2D eigenvalue weighted by Gasteiger charge is -2.18. The van der Waals surface area contributed by atoms with Gasteiger partial charge in [0.2, 0.25) is 0 Å². The lowest BCUT2D eigenvalue weighted by Crippen LogP contribution is -1.91. The van der Waals surface area contributed by atoms with Gasteiger partial charge in [-0.15, -0.1) is 11.3 Å². The van der Waals surface area contributed by atoms with Crippen LogP contribution in [0.25, 0.3) is 119 Å². The molecule has 0 saturated carbocycles. The van der Waals surface area contributed by atoms with Crippen molar-refractivity contribution in [1.29, 1.82) is 0 Å². The average molecular weight is 667 g/mol. The second-order valence-corrected chi connectivity index (χ2v) is 14.6. The molecule has 3 heterocycles. The van der Waals surface area contributed by atoms with E-state index in [1.807, 2.05) is 17.4 Å². The van der Waals surface area contributed by atoms with Crippen molar-refractivity contribution >= 4 is 108 Å². The normalized spacial score (nSPS) is 12.3. The second kappa shape index (κ2) is 10.1. The van der Waals surface area contributed by atoms with E-state index in [1.165, 1.54) is 69.0 Å². The SMILES string of the molecule is c1ccc2c(c1)ccc1sc3ccc4oc5c(-c6c7ccccc7c(-c7cccc8c7oc7ccccc78)c7ccccc67)cccc5c4c3c12. The number of furan rings is 2. The van der Waals surface area contributed by atoms with Gasteiger partial charge in [-0.2, -0.15) is 0 Å². The van der Waals surface area contributed by atoms with E-state index < -0.39 is 0 Å². The molecule has 0 saturated heterocycles. The molecular weight excluding hydrogens is 641 g/mol. The summed E-state index contributed by atoms with van der Waals surface area (Å²) in [6, 6.07) is 56.8. The van der Waals surface area contributed by atoms with Crippen molar-refractivity contribution in [1.82, 2.24) is 0 Å². The Hall–Kier alpha value is -6.42. The van der Waals surface area contributed by atoms with Gasteiger partial charge < -0.3 is 8.83 Å². The molecule has 0 aliphatic heterocycles. The Kier molecular flexibility index (Phi) is 5.41. The first-order valence-corrected chi connectivity index (χ1v) is 18.2. The Labute approximate surface area is 295 Å². The fraction of sp³-hybridized carbons (Fsp3) is 0. The predicted molar refractivity (Wildman–Crippen MR) is 217 cm³/mol. The molecule has 3 heteroatoms.